The molecule has 2 aromatic rings. The zero-order valence-electron chi connectivity index (χ0n) is 11.4. The number of hydrogen-bond donors (Lipinski definition) is 0. The highest BCUT2D eigenvalue weighted by molar-refractivity contribution is 8.26. The Kier molecular flexibility index (Phi) is 4.24. The number of carbonyl (C=O) groups is 1. The minimum absolute atomic E-state index is 0.0000869. The van der Waals surface area contributed by atoms with Crippen LogP contribution in [0, 0.1) is 6.92 Å². The van der Waals surface area contributed by atoms with Gasteiger partial charge in [-0.05, 0) is 30.7 Å². The van der Waals surface area contributed by atoms with Gasteiger partial charge in [0.2, 0.25) is 0 Å². The van der Waals surface area contributed by atoms with E-state index in [1.807, 2.05) is 42.5 Å². The third-order valence-corrected chi connectivity index (χ3v) is 5.42. The lowest BCUT2D eigenvalue weighted by molar-refractivity contribution is -0.122. The number of carbonyl (C=O) groups excluding carboxylic acids is 1. The second kappa shape index (κ2) is 6.13. The summed E-state index contributed by atoms with van der Waals surface area (Å²) >= 11 is 8.41. The Bertz CT molecular complexity index is 718. The number of thiocarbonyl (C=S) groups is 1. The predicted octanol–water partition coefficient (Wildman–Crippen LogP) is 4.46. The van der Waals surface area contributed by atoms with Crippen LogP contribution in [-0.2, 0) is 11.3 Å². The molecule has 0 N–H and O–H groups in total. The van der Waals surface area contributed by atoms with Crippen molar-refractivity contribution < 1.29 is 4.79 Å². The summed E-state index contributed by atoms with van der Waals surface area (Å²) in [6.45, 7) is 2.59. The number of aryl methyl sites for hydroxylation is 1. The SMILES string of the molecule is Cc1ccc(/C=C2\SC(=S)N(Cc3ccccc3)C2=O)s1. The molecule has 106 valence electrons. The van der Waals surface area contributed by atoms with Crippen LogP contribution in [0.3, 0.4) is 0 Å². The summed E-state index contributed by atoms with van der Waals surface area (Å²) < 4.78 is 0.628. The molecular weight excluding hydrogens is 318 g/mol. The number of thioether (sulfide) groups is 1. The van der Waals surface area contributed by atoms with Crippen molar-refractivity contribution in [3.8, 4) is 0 Å². The molecule has 0 atom stereocenters. The van der Waals surface area contributed by atoms with Gasteiger partial charge in [-0.3, -0.25) is 9.69 Å². The van der Waals surface area contributed by atoms with Crippen LogP contribution >= 0.6 is 35.3 Å². The molecule has 2 nitrogen and oxygen atoms in total. The number of thiophene rings is 1. The van der Waals surface area contributed by atoms with E-state index >= 15 is 0 Å². The van der Waals surface area contributed by atoms with Crippen LogP contribution in [-0.4, -0.2) is 15.1 Å². The lowest BCUT2D eigenvalue weighted by Crippen LogP contribution is -2.27. The highest BCUT2D eigenvalue weighted by atomic mass is 32.2. The maximum Gasteiger partial charge on any atom is 0.266 e. The van der Waals surface area contributed by atoms with Crippen molar-refractivity contribution in [1.29, 1.82) is 0 Å². The first-order chi connectivity index (χ1) is 10.1. The van der Waals surface area contributed by atoms with Crippen molar-refractivity contribution in [1.82, 2.24) is 4.90 Å². The fourth-order valence-electron chi connectivity index (χ4n) is 2.06. The van der Waals surface area contributed by atoms with Gasteiger partial charge < -0.3 is 0 Å². The van der Waals surface area contributed by atoms with E-state index in [1.165, 1.54) is 16.6 Å². The molecular formula is C16H13NOS3. The number of hydrogen-bond acceptors (Lipinski definition) is 4. The highest BCUT2D eigenvalue weighted by Gasteiger charge is 2.31. The second-order valence-electron chi connectivity index (χ2n) is 4.70. The molecule has 3 rings (SSSR count). The van der Waals surface area contributed by atoms with Crippen molar-refractivity contribution >= 4 is 51.6 Å². The summed E-state index contributed by atoms with van der Waals surface area (Å²) in [4.78, 5) is 17.2. The third kappa shape index (κ3) is 3.26. The molecule has 0 aliphatic carbocycles. The van der Waals surface area contributed by atoms with Gasteiger partial charge >= 0.3 is 0 Å². The van der Waals surface area contributed by atoms with Gasteiger partial charge in [-0.25, -0.2) is 0 Å². The van der Waals surface area contributed by atoms with Gasteiger partial charge in [0.15, 0.2) is 0 Å². The van der Waals surface area contributed by atoms with Gasteiger partial charge in [0, 0.05) is 9.75 Å². The summed E-state index contributed by atoms with van der Waals surface area (Å²) in [5.41, 5.74) is 1.09. The molecule has 21 heavy (non-hydrogen) atoms. The van der Waals surface area contributed by atoms with Crippen LogP contribution < -0.4 is 0 Å². The van der Waals surface area contributed by atoms with E-state index in [0.29, 0.717) is 15.8 Å². The van der Waals surface area contributed by atoms with E-state index in [9.17, 15) is 4.79 Å². The number of nitrogens with zero attached hydrogens (tertiary/aromatic N) is 1. The van der Waals surface area contributed by atoms with E-state index in [-0.39, 0.29) is 5.91 Å². The zero-order chi connectivity index (χ0) is 14.8. The standard InChI is InChI=1S/C16H13NOS3/c1-11-7-8-13(20-11)9-14-15(18)17(16(19)21-14)10-12-5-3-2-4-6-12/h2-9H,10H2,1H3/b14-9-. The first kappa shape index (κ1) is 14.5. The average Bonchev–Trinajstić information content (AvgIpc) is 2.99. The maximum atomic E-state index is 12.5. The number of amides is 1. The quantitative estimate of drug-likeness (QED) is 0.612. The largest absolute Gasteiger partial charge is 0.288 e. The lowest BCUT2D eigenvalue weighted by Gasteiger charge is -2.14. The van der Waals surface area contributed by atoms with Crippen LogP contribution in [0.1, 0.15) is 15.3 Å². The summed E-state index contributed by atoms with van der Waals surface area (Å²) in [6.07, 6.45) is 1.93. The molecule has 5 heteroatoms. The Morgan fingerprint density at radius 2 is 1.95 bits per heavy atom. The van der Waals surface area contributed by atoms with Gasteiger partial charge in [0.1, 0.15) is 4.32 Å². The Morgan fingerprint density at radius 3 is 2.62 bits per heavy atom. The van der Waals surface area contributed by atoms with Crippen LogP contribution in [0.25, 0.3) is 6.08 Å². The van der Waals surface area contributed by atoms with Crippen LogP contribution in [0.5, 0.6) is 0 Å². The van der Waals surface area contributed by atoms with E-state index < -0.39 is 0 Å². The molecule has 1 saturated heterocycles. The summed E-state index contributed by atoms with van der Waals surface area (Å²) in [7, 11) is 0. The Labute approximate surface area is 137 Å². The fourth-order valence-corrected chi connectivity index (χ4v) is 4.20. The molecule has 1 amide bonds. The Balaban J connectivity index is 1.81. The molecule has 0 radical (unpaired) electrons. The molecule has 0 saturated carbocycles. The summed E-state index contributed by atoms with van der Waals surface area (Å²) in [6, 6.07) is 14.0. The molecule has 1 aromatic carbocycles. The predicted molar refractivity (Wildman–Crippen MR) is 94.2 cm³/mol. The minimum atomic E-state index is -0.0000869. The van der Waals surface area contributed by atoms with E-state index in [0.717, 1.165) is 10.4 Å². The van der Waals surface area contributed by atoms with Crippen LogP contribution in [0.2, 0.25) is 0 Å². The normalized spacial score (nSPS) is 17.0. The number of rotatable bonds is 3. The molecule has 2 heterocycles. The maximum absolute atomic E-state index is 12.5. The third-order valence-electron chi connectivity index (χ3n) is 3.09. The molecule has 1 aliphatic rings. The van der Waals surface area contributed by atoms with Gasteiger partial charge in [0.25, 0.3) is 5.91 Å². The first-order valence-electron chi connectivity index (χ1n) is 6.49. The average molecular weight is 331 g/mol. The minimum Gasteiger partial charge on any atom is -0.288 e. The van der Waals surface area contributed by atoms with Crippen molar-refractivity contribution in [2.24, 2.45) is 0 Å². The van der Waals surface area contributed by atoms with Gasteiger partial charge in [-0.2, -0.15) is 0 Å². The zero-order valence-corrected chi connectivity index (χ0v) is 13.9. The molecule has 0 unspecified atom stereocenters. The van der Waals surface area contributed by atoms with Crippen LogP contribution in [0.15, 0.2) is 47.4 Å². The van der Waals surface area contributed by atoms with Gasteiger partial charge in [-0.1, -0.05) is 54.3 Å². The first-order valence-corrected chi connectivity index (χ1v) is 8.53. The van der Waals surface area contributed by atoms with Crippen molar-refractivity contribution in [3.05, 3.63) is 62.7 Å². The van der Waals surface area contributed by atoms with Crippen molar-refractivity contribution in [3.63, 3.8) is 0 Å². The van der Waals surface area contributed by atoms with Gasteiger partial charge in [0.05, 0.1) is 11.4 Å². The second-order valence-corrected chi connectivity index (χ2v) is 7.70. The lowest BCUT2D eigenvalue weighted by atomic mass is 10.2. The van der Waals surface area contributed by atoms with Crippen molar-refractivity contribution in [2.75, 3.05) is 0 Å². The molecule has 0 spiro atoms. The molecule has 1 aliphatic heterocycles. The van der Waals surface area contributed by atoms with E-state index in [4.69, 9.17) is 12.2 Å². The topological polar surface area (TPSA) is 20.3 Å². The van der Waals surface area contributed by atoms with E-state index in [2.05, 4.69) is 13.0 Å². The highest BCUT2D eigenvalue weighted by Crippen LogP contribution is 2.34. The smallest absolute Gasteiger partial charge is 0.266 e. The van der Waals surface area contributed by atoms with Crippen molar-refractivity contribution in [2.45, 2.75) is 13.5 Å². The molecule has 0 bridgehead atoms. The monoisotopic (exact) mass is 331 g/mol. The van der Waals surface area contributed by atoms with Crippen LogP contribution in [0.4, 0.5) is 0 Å². The van der Waals surface area contributed by atoms with E-state index in [1.54, 1.807) is 16.2 Å². The Hall–Kier alpha value is -1.43. The summed E-state index contributed by atoms with van der Waals surface area (Å²) in [5, 5.41) is 0. The Morgan fingerprint density at radius 1 is 1.19 bits per heavy atom. The molecule has 1 aromatic heterocycles. The van der Waals surface area contributed by atoms with Gasteiger partial charge in [-0.15, -0.1) is 11.3 Å². The molecule has 1 fully saturated rings. The number of benzene rings is 1. The fraction of sp³-hybridized carbons (Fsp3) is 0.125. The summed E-state index contributed by atoms with van der Waals surface area (Å²) in [5.74, 6) is -0.0000869.